The van der Waals surface area contributed by atoms with Crippen molar-refractivity contribution in [3.8, 4) is 0 Å². The van der Waals surface area contributed by atoms with Crippen molar-refractivity contribution >= 4 is 23.3 Å². The number of rotatable bonds is 7. The quantitative estimate of drug-likeness (QED) is 0.305. The molecule has 3 heterocycles. The second-order valence-electron chi connectivity index (χ2n) is 6.47. The lowest BCUT2D eigenvalue weighted by molar-refractivity contribution is -0.139. The average Bonchev–Trinajstić information content (AvgIpc) is 3.14. The first-order valence-corrected chi connectivity index (χ1v) is 9.17. The van der Waals surface area contributed by atoms with Gasteiger partial charge in [0.05, 0.1) is 12.6 Å². The minimum Gasteiger partial charge on any atom is -0.396 e. The van der Waals surface area contributed by atoms with Gasteiger partial charge in [-0.15, -0.1) is 4.28 Å². The molecule has 3 fully saturated rings. The summed E-state index contributed by atoms with van der Waals surface area (Å²) in [7, 11) is 0. The first-order valence-electron chi connectivity index (χ1n) is 8.14. The highest BCUT2D eigenvalue weighted by molar-refractivity contribution is 7.74. The molecule has 0 aliphatic carbocycles. The Morgan fingerprint density at radius 2 is 2.24 bits per heavy atom. The predicted octanol–water partition coefficient (Wildman–Crippen LogP) is -1.66. The predicted molar refractivity (Wildman–Crippen MR) is 83.7 cm³/mol. The summed E-state index contributed by atoms with van der Waals surface area (Å²) >= 11 is -2.59. The number of aliphatic hydroxyl groups is 1. The van der Waals surface area contributed by atoms with Crippen LogP contribution in [-0.2, 0) is 25.3 Å². The molecule has 142 valence electrons. The minimum atomic E-state index is -2.59. The maximum Gasteiger partial charge on any atom is 0.346 e. The van der Waals surface area contributed by atoms with Crippen LogP contribution in [0.5, 0.6) is 0 Å². The zero-order valence-electron chi connectivity index (χ0n) is 13.5. The van der Waals surface area contributed by atoms with Crippen molar-refractivity contribution in [2.45, 2.75) is 37.4 Å². The molecule has 11 nitrogen and oxygen atoms in total. The molecule has 3 aliphatic heterocycles. The van der Waals surface area contributed by atoms with Gasteiger partial charge in [-0.3, -0.25) is 14.2 Å². The lowest BCUT2D eigenvalue weighted by Crippen LogP contribution is -2.50. The molecular weight excluding hydrogens is 356 g/mol. The summed E-state index contributed by atoms with van der Waals surface area (Å²) in [5.41, 5.74) is 2.37. The lowest BCUT2D eigenvalue weighted by Gasteiger charge is -2.29. The van der Waals surface area contributed by atoms with Crippen molar-refractivity contribution in [2.24, 2.45) is 5.92 Å². The number of nitrogens with one attached hydrogen (secondary N) is 2. The van der Waals surface area contributed by atoms with Gasteiger partial charge in [0, 0.05) is 25.7 Å². The standard InChI is InChI=1S/C13H22N4O7S/c18-6-8-3-9(14-4-8)7-23-15-12(19)11-2-1-10-5-16(11)13(20)17(10)24-25(21)22/h8-11,14,18H,1-7H2,(H,15,19)(H,21,22)/t8-,9+,10?,11?/m1/s1. The van der Waals surface area contributed by atoms with E-state index in [1.54, 1.807) is 0 Å². The monoisotopic (exact) mass is 378 g/mol. The van der Waals surface area contributed by atoms with Gasteiger partial charge in [-0.25, -0.2) is 10.3 Å². The summed E-state index contributed by atoms with van der Waals surface area (Å²) in [6, 6.07) is -1.59. The van der Waals surface area contributed by atoms with E-state index in [0.717, 1.165) is 11.5 Å². The number of fused-ring (bicyclic) bond motifs is 2. The highest BCUT2D eigenvalue weighted by atomic mass is 32.2. The summed E-state index contributed by atoms with van der Waals surface area (Å²) in [5.74, 6) is -0.236. The number of urea groups is 1. The van der Waals surface area contributed by atoms with Crippen LogP contribution in [0.3, 0.4) is 0 Å². The van der Waals surface area contributed by atoms with Crippen molar-refractivity contribution in [1.82, 2.24) is 20.8 Å². The highest BCUT2D eigenvalue weighted by Gasteiger charge is 2.48. The molecule has 4 N–H and O–H groups in total. The van der Waals surface area contributed by atoms with Gasteiger partial charge < -0.3 is 15.3 Å². The summed E-state index contributed by atoms with van der Waals surface area (Å²) < 4.78 is 24.2. The molecule has 3 aliphatic rings. The van der Waals surface area contributed by atoms with E-state index in [1.165, 1.54) is 4.90 Å². The van der Waals surface area contributed by atoms with E-state index in [4.69, 9.17) is 14.5 Å². The molecule has 0 aromatic carbocycles. The van der Waals surface area contributed by atoms with Crippen LogP contribution in [0.4, 0.5) is 4.79 Å². The normalized spacial score (nSPS) is 33.0. The Bertz CT molecular complexity index is 550. The molecule has 2 bridgehead atoms. The maximum atomic E-state index is 12.3. The minimum absolute atomic E-state index is 0.0602. The first kappa shape index (κ1) is 18.5. The fourth-order valence-electron chi connectivity index (χ4n) is 3.52. The summed E-state index contributed by atoms with van der Waals surface area (Å²) in [4.78, 5) is 31.1. The Labute approximate surface area is 147 Å². The van der Waals surface area contributed by atoms with Gasteiger partial charge in [0.15, 0.2) is 0 Å². The number of hydrogen-bond donors (Lipinski definition) is 4. The maximum absolute atomic E-state index is 12.3. The fourth-order valence-corrected chi connectivity index (χ4v) is 3.84. The van der Waals surface area contributed by atoms with Crippen molar-refractivity contribution in [2.75, 3.05) is 26.3 Å². The molecule has 0 spiro atoms. The van der Waals surface area contributed by atoms with Crippen LogP contribution in [0.25, 0.3) is 0 Å². The number of carbonyl (C=O) groups is 2. The van der Waals surface area contributed by atoms with Crippen LogP contribution in [0.2, 0.25) is 0 Å². The van der Waals surface area contributed by atoms with Gasteiger partial charge in [0.2, 0.25) is 0 Å². The molecule has 3 amide bonds. The number of amides is 3. The Hall–Kier alpha value is -1.31. The van der Waals surface area contributed by atoms with E-state index in [9.17, 15) is 13.8 Å². The smallest absolute Gasteiger partial charge is 0.346 e. The summed E-state index contributed by atoms with van der Waals surface area (Å²) in [6.07, 6.45) is 1.67. The zero-order valence-corrected chi connectivity index (χ0v) is 14.3. The van der Waals surface area contributed by atoms with Gasteiger partial charge in [-0.2, -0.15) is 9.27 Å². The Kier molecular flexibility index (Phi) is 5.86. The SMILES string of the molecule is O=C(NOC[C@@H]1C[C@@H](CO)CN1)C1CCC2CN1C(=O)N2OS(=O)O. The first-order chi connectivity index (χ1) is 12.0. The summed E-state index contributed by atoms with van der Waals surface area (Å²) in [6.45, 7) is 1.36. The van der Waals surface area contributed by atoms with E-state index in [0.29, 0.717) is 19.4 Å². The molecule has 0 aromatic heterocycles. The van der Waals surface area contributed by atoms with E-state index in [1.807, 2.05) is 0 Å². The van der Waals surface area contributed by atoms with Crippen molar-refractivity contribution in [1.29, 1.82) is 0 Å². The largest absolute Gasteiger partial charge is 0.396 e. The van der Waals surface area contributed by atoms with E-state index in [-0.39, 0.29) is 37.8 Å². The van der Waals surface area contributed by atoms with Crippen LogP contribution < -0.4 is 10.8 Å². The van der Waals surface area contributed by atoms with Gasteiger partial charge >= 0.3 is 17.4 Å². The molecule has 0 radical (unpaired) electrons. The third-order valence-corrected chi connectivity index (χ3v) is 5.09. The molecule has 5 atom stereocenters. The second kappa shape index (κ2) is 7.93. The van der Waals surface area contributed by atoms with Gasteiger partial charge in [-0.1, -0.05) is 0 Å². The third-order valence-electron chi connectivity index (χ3n) is 4.80. The topological polar surface area (TPSA) is 141 Å². The average molecular weight is 378 g/mol. The van der Waals surface area contributed by atoms with Crippen molar-refractivity contribution < 1.29 is 32.6 Å². The number of carbonyl (C=O) groups excluding carboxylic acids is 2. The molecule has 0 aromatic rings. The third kappa shape index (κ3) is 4.10. The number of piperidine rings is 1. The molecular formula is C13H22N4O7S. The Morgan fingerprint density at radius 3 is 2.92 bits per heavy atom. The van der Waals surface area contributed by atoms with Crippen molar-refractivity contribution in [3.05, 3.63) is 0 Å². The molecule has 25 heavy (non-hydrogen) atoms. The Morgan fingerprint density at radius 1 is 1.44 bits per heavy atom. The van der Waals surface area contributed by atoms with Gasteiger partial charge in [0.25, 0.3) is 5.91 Å². The van der Waals surface area contributed by atoms with Crippen LogP contribution in [-0.4, -0.2) is 80.2 Å². The van der Waals surface area contributed by atoms with Crippen LogP contribution in [0, 0.1) is 5.92 Å². The number of hydroxylamine groups is 3. The fraction of sp³-hybridized carbons (Fsp3) is 0.846. The zero-order chi connectivity index (χ0) is 18.0. The highest BCUT2D eigenvalue weighted by Crippen LogP contribution is 2.30. The molecule has 3 rings (SSSR count). The summed E-state index contributed by atoms with van der Waals surface area (Å²) in [5, 5.41) is 13.1. The van der Waals surface area contributed by atoms with Crippen LogP contribution in [0.15, 0.2) is 0 Å². The number of aliphatic hydroxyl groups excluding tert-OH is 1. The number of hydrogen-bond acceptors (Lipinski definition) is 7. The number of nitrogens with zero attached hydrogens (tertiary/aromatic N) is 2. The van der Waals surface area contributed by atoms with E-state index in [2.05, 4.69) is 15.1 Å². The molecule has 3 unspecified atom stereocenters. The molecule has 3 saturated heterocycles. The van der Waals surface area contributed by atoms with Gasteiger partial charge in [-0.05, 0) is 25.2 Å². The molecule has 12 heteroatoms. The Balaban J connectivity index is 1.47. The van der Waals surface area contributed by atoms with Crippen LogP contribution in [0.1, 0.15) is 19.3 Å². The van der Waals surface area contributed by atoms with Crippen molar-refractivity contribution in [3.63, 3.8) is 0 Å². The second-order valence-corrected chi connectivity index (χ2v) is 7.05. The van der Waals surface area contributed by atoms with Crippen LogP contribution >= 0.6 is 0 Å². The lowest BCUT2D eigenvalue weighted by atomic mass is 10.0. The molecule has 0 saturated carbocycles. The van der Waals surface area contributed by atoms with E-state index < -0.39 is 29.3 Å². The van der Waals surface area contributed by atoms with Gasteiger partial charge in [0.1, 0.15) is 6.04 Å². The van der Waals surface area contributed by atoms with E-state index >= 15 is 0 Å².